The molecule has 0 aliphatic heterocycles. The Labute approximate surface area is 129 Å². The second-order valence-electron chi connectivity index (χ2n) is 5.04. The molecule has 1 heterocycles. The van der Waals surface area contributed by atoms with Gasteiger partial charge in [0.15, 0.2) is 0 Å². The molecule has 0 saturated carbocycles. The summed E-state index contributed by atoms with van der Waals surface area (Å²) in [6.45, 7) is 8.17. The Kier molecular flexibility index (Phi) is 5.59. The van der Waals surface area contributed by atoms with Crippen LogP contribution in [-0.2, 0) is 0 Å². The zero-order valence-corrected chi connectivity index (χ0v) is 13.5. The van der Waals surface area contributed by atoms with E-state index >= 15 is 0 Å². The predicted octanol–water partition coefficient (Wildman–Crippen LogP) is 2.95. The van der Waals surface area contributed by atoms with E-state index in [1.54, 1.807) is 0 Å². The van der Waals surface area contributed by atoms with Crippen LogP contribution >= 0.6 is 11.3 Å². The monoisotopic (exact) mass is 305 g/mol. The van der Waals surface area contributed by atoms with Crippen molar-refractivity contribution in [3.8, 4) is 0 Å². The van der Waals surface area contributed by atoms with Crippen LogP contribution in [0, 0.1) is 0 Å². The standard InChI is InChI=1S/C16H23N3OS/c1-3-19(4-2)9-5-8-18-16(20)15-11-12-10-13(17)6-7-14(12)21-15/h6-7,10-11H,3-5,8-9,17H2,1-2H3,(H,18,20). The van der Waals surface area contributed by atoms with Gasteiger partial charge in [-0.05, 0) is 55.7 Å². The Morgan fingerprint density at radius 2 is 2.05 bits per heavy atom. The highest BCUT2D eigenvalue weighted by molar-refractivity contribution is 7.20. The number of amides is 1. The van der Waals surface area contributed by atoms with Crippen LogP contribution in [0.5, 0.6) is 0 Å². The Morgan fingerprint density at radius 3 is 2.76 bits per heavy atom. The van der Waals surface area contributed by atoms with Gasteiger partial charge < -0.3 is 16.0 Å². The molecule has 0 bridgehead atoms. The van der Waals surface area contributed by atoms with Gasteiger partial charge in [0.2, 0.25) is 0 Å². The number of carbonyl (C=O) groups excluding carboxylic acids is 1. The summed E-state index contributed by atoms with van der Waals surface area (Å²) in [5, 5.41) is 4.03. The van der Waals surface area contributed by atoms with Gasteiger partial charge in [-0.25, -0.2) is 0 Å². The average molecular weight is 305 g/mol. The molecule has 2 rings (SSSR count). The van der Waals surface area contributed by atoms with E-state index < -0.39 is 0 Å². The highest BCUT2D eigenvalue weighted by atomic mass is 32.1. The minimum Gasteiger partial charge on any atom is -0.399 e. The van der Waals surface area contributed by atoms with Gasteiger partial charge in [-0.3, -0.25) is 4.79 Å². The molecule has 4 nitrogen and oxygen atoms in total. The highest BCUT2D eigenvalue weighted by Gasteiger charge is 2.10. The molecule has 1 aromatic heterocycles. The lowest BCUT2D eigenvalue weighted by atomic mass is 10.2. The van der Waals surface area contributed by atoms with E-state index in [1.807, 2.05) is 24.3 Å². The molecule has 5 heteroatoms. The zero-order valence-electron chi connectivity index (χ0n) is 12.7. The maximum Gasteiger partial charge on any atom is 0.261 e. The number of fused-ring (bicyclic) bond motifs is 1. The fraction of sp³-hybridized carbons (Fsp3) is 0.438. The number of hydrogen-bond donors (Lipinski definition) is 2. The van der Waals surface area contributed by atoms with Gasteiger partial charge in [-0.15, -0.1) is 11.3 Å². The van der Waals surface area contributed by atoms with Crippen molar-refractivity contribution in [1.82, 2.24) is 10.2 Å². The SMILES string of the molecule is CCN(CC)CCCNC(=O)c1cc2cc(N)ccc2s1. The summed E-state index contributed by atoms with van der Waals surface area (Å²) in [6.07, 6.45) is 0.977. The molecule has 0 spiro atoms. The predicted molar refractivity (Wildman–Crippen MR) is 91.0 cm³/mol. The van der Waals surface area contributed by atoms with Crippen molar-refractivity contribution in [1.29, 1.82) is 0 Å². The summed E-state index contributed by atoms with van der Waals surface area (Å²) >= 11 is 1.51. The lowest BCUT2D eigenvalue weighted by Crippen LogP contribution is -2.29. The summed E-state index contributed by atoms with van der Waals surface area (Å²) in [6, 6.07) is 7.65. The minimum atomic E-state index is 0.00863. The van der Waals surface area contributed by atoms with Crippen LogP contribution in [0.3, 0.4) is 0 Å². The first-order chi connectivity index (χ1) is 10.1. The van der Waals surface area contributed by atoms with E-state index in [0.717, 1.165) is 46.7 Å². The summed E-state index contributed by atoms with van der Waals surface area (Å²) in [5.74, 6) is 0.00863. The number of nitrogens with zero attached hydrogens (tertiary/aromatic N) is 1. The normalized spacial score (nSPS) is 11.2. The summed E-state index contributed by atoms with van der Waals surface area (Å²) in [5.41, 5.74) is 6.49. The van der Waals surface area contributed by atoms with Gasteiger partial charge in [-0.1, -0.05) is 13.8 Å². The maximum atomic E-state index is 12.1. The number of thiophene rings is 1. The van der Waals surface area contributed by atoms with Crippen molar-refractivity contribution < 1.29 is 4.79 Å². The lowest BCUT2D eigenvalue weighted by Gasteiger charge is -2.17. The van der Waals surface area contributed by atoms with Gasteiger partial charge in [0.25, 0.3) is 5.91 Å². The van der Waals surface area contributed by atoms with Crippen molar-refractivity contribution in [3.05, 3.63) is 29.1 Å². The first-order valence-corrected chi connectivity index (χ1v) is 8.25. The van der Waals surface area contributed by atoms with Crippen LogP contribution in [0.15, 0.2) is 24.3 Å². The van der Waals surface area contributed by atoms with E-state index in [1.165, 1.54) is 11.3 Å². The molecule has 0 radical (unpaired) electrons. The van der Waals surface area contributed by atoms with Crippen molar-refractivity contribution >= 4 is 33.0 Å². The second kappa shape index (κ2) is 7.43. The Morgan fingerprint density at radius 1 is 1.29 bits per heavy atom. The quantitative estimate of drug-likeness (QED) is 0.611. The third kappa shape index (κ3) is 4.19. The second-order valence-corrected chi connectivity index (χ2v) is 6.13. The van der Waals surface area contributed by atoms with E-state index in [0.29, 0.717) is 6.54 Å². The van der Waals surface area contributed by atoms with Gasteiger partial charge in [0.1, 0.15) is 0 Å². The molecule has 114 valence electrons. The summed E-state index contributed by atoms with van der Waals surface area (Å²) in [7, 11) is 0. The number of rotatable bonds is 7. The zero-order chi connectivity index (χ0) is 15.2. The molecule has 0 unspecified atom stereocenters. The fourth-order valence-corrected chi connectivity index (χ4v) is 3.26. The van der Waals surface area contributed by atoms with Crippen LogP contribution in [-0.4, -0.2) is 37.0 Å². The number of carbonyl (C=O) groups is 1. The van der Waals surface area contributed by atoms with Crippen molar-refractivity contribution in [2.75, 3.05) is 31.9 Å². The summed E-state index contributed by atoms with van der Waals surface area (Å²) < 4.78 is 1.09. The van der Waals surface area contributed by atoms with Gasteiger partial charge in [0, 0.05) is 16.9 Å². The topological polar surface area (TPSA) is 58.4 Å². The molecule has 0 fully saturated rings. The van der Waals surface area contributed by atoms with E-state index in [2.05, 4.69) is 24.1 Å². The largest absolute Gasteiger partial charge is 0.399 e. The molecule has 3 N–H and O–H groups in total. The molecule has 0 aliphatic rings. The fourth-order valence-electron chi connectivity index (χ4n) is 2.31. The molecule has 2 aromatic rings. The molecule has 1 aromatic carbocycles. The first-order valence-electron chi connectivity index (χ1n) is 7.43. The highest BCUT2D eigenvalue weighted by Crippen LogP contribution is 2.27. The Hall–Kier alpha value is -1.59. The number of nitrogen functional groups attached to an aromatic ring is 1. The van der Waals surface area contributed by atoms with Crippen LogP contribution in [0.2, 0.25) is 0 Å². The van der Waals surface area contributed by atoms with Crippen LogP contribution < -0.4 is 11.1 Å². The van der Waals surface area contributed by atoms with E-state index in [4.69, 9.17) is 5.73 Å². The average Bonchev–Trinajstić information content (AvgIpc) is 2.90. The van der Waals surface area contributed by atoms with Crippen LogP contribution in [0.4, 0.5) is 5.69 Å². The van der Waals surface area contributed by atoms with Gasteiger partial charge >= 0.3 is 0 Å². The van der Waals surface area contributed by atoms with Crippen molar-refractivity contribution in [2.45, 2.75) is 20.3 Å². The molecule has 0 aliphatic carbocycles. The number of hydrogen-bond acceptors (Lipinski definition) is 4. The van der Waals surface area contributed by atoms with Gasteiger partial charge in [-0.2, -0.15) is 0 Å². The molecular weight excluding hydrogens is 282 g/mol. The number of nitrogens with one attached hydrogen (secondary N) is 1. The first kappa shape index (κ1) is 15.8. The number of anilines is 1. The summed E-state index contributed by atoms with van der Waals surface area (Å²) in [4.78, 5) is 15.2. The third-order valence-electron chi connectivity index (χ3n) is 3.60. The molecule has 0 atom stereocenters. The van der Waals surface area contributed by atoms with E-state index in [-0.39, 0.29) is 5.91 Å². The van der Waals surface area contributed by atoms with Crippen molar-refractivity contribution in [3.63, 3.8) is 0 Å². The Balaban J connectivity index is 1.87. The van der Waals surface area contributed by atoms with E-state index in [9.17, 15) is 4.79 Å². The van der Waals surface area contributed by atoms with Crippen molar-refractivity contribution in [2.24, 2.45) is 0 Å². The van der Waals surface area contributed by atoms with Gasteiger partial charge in [0.05, 0.1) is 4.88 Å². The maximum absolute atomic E-state index is 12.1. The van der Waals surface area contributed by atoms with Crippen LogP contribution in [0.1, 0.15) is 29.9 Å². The number of nitrogens with two attached hydrogens (primary N) is 1. The molecule has 1 amide bonds. The smallest absolute Gasteiger partial charge is 0.261 e. The molecule has 0 saturated heterocycles. The number of benzene rings is 1. The third-order valence-corrected chi connectivity index (χ3v) is 4.71. The molecular formula is C16H23N3OS. The van der Waals surface area contributed by atoms with Crippen LogP contribution in [0.25, 0.3) is 10.1 Å². The molecule has 21 heavy (non-hydrogen) atoms. The minimum absolute atomic E-state index is 0.00863. The lowest BCUT2D eigenvalue weighted by molar-refractivity contribution is 0.0956. The Bertz CT molecular complexity index is 605.